The lowest BCUT2D eigenvalue weighted by Crippen LogP contribution is -2.49. The fourth-order valence-electron chi connectivity index (χ4n) is 5.11. The normalized spacial score (nSPS) is 22.3. The van der Waals surface area contributed by atoms with Crippen molar-refractivity contribution in [3.05, 3.63) is 89.0 Å². The van der Waals surface area contributed by atoms with Crippen molar-refractivity contribution in [2.45, 2.75) is 51.0 Å². The zero-order chi connectivity index (χ0) is 29.2. The summed E-state index contributed by atoms with van der Waals surface area (Å²) in [4.78, 5) is 30.2. The predicted molar refractivity (Wildman–Crippen MR) is 155 cm³/mol. The Bertz CT molecular complexity index is 1450. The van der Waals surface area contributed by atoms with Gasteiger partial charge in [-0.2, -0.15) is 5.10 Å². The monoisotopic (exact) mass is 579 g/mol. The average Bonchev–Trinajstić information content (AvgIpc) is 3.38. The molecule has 216 valence electrons. The van der Waals surface area contributed by atoms with Crippen LogP contribution in [0.2, 0.25) is 0 Å². The van der Waals surface area contributed by atoms with Gasteiger partial charge in [0.2, 0.25) is 0 Å². The molecule has 3 heterocycles. The first-order valence-corrected chi connectivity index (χ1v) is 14.5. The lowest BCUT2D eigenvalue weighted by atomic mass is 9.74. The second-order valence-corrected chi connectivity index (χ2v) is 12.3. The predicted octanol–water partition coefficient (Wildman–Crippen LogP) is 5.09. The smallest absolute Gasteiger partial charge is 0.407 e. The van der Waals surface area contributed by atoms with Crippen LogP contribution in [0.3, 0.4) is 0 Å². The number of benzene rings is 2. The first kappa shape index (κ1) is 28.8. The molecular weight excluding hydrogens is 545 g/mol. The van der Waals surface area contributed by atoms with Crippen LogP contribution >= 0.6 is 11.8 Å². The van der Waals surface area contributed by atoms with Crippen LogP contribution in [0.15, 0.2) is 65.9 Å². The number of halogens is 1. The van der Waals surface area contributed by atoms with E-state index in [9.17, 15) is 9.59 Å². The highest BCUT2D eigenvalue weighted by Gasteiger charge is 2.50. The number of aliphatic imine (C=N–C) groups is 1. The Morgan fingerprint density at radius 2 is 2.00 bits per heavy atom. The Hall–Kier alpha value is -3.70. The molecule has 5 rings (SSSR count). The summed E-state index contributed by atoms with van der Waals surface area (Å²) in [5.41, 5.74) is 0.804. The molecule has 41 heavy (non-hydrogen) atoms. The maximum Gasteiger partial charge on any atom is 0.407 e. The van der Waals surface area contributed by atoms with Gasteiger partial charge in [0.25, 0.3) is 5.91 Å². The summed E-state index contributed by atoms with van der Waals surface area (Å²) in [7, 11) is 1.85. The highest BCUT2D eigenvalue weighted by atomic mass is 32.2. The van der Waals surface area contributed by atoms with Crippen LogP contribution in [0.5, 0.6) is 0 Å². The van der Waals surface area contributed by atoms with Gasteiger partial charge in [-0.25, -0.2) is 14.2 Å². The minimum Gasteiger partial charge on any atom is -0.444 e. The molecule has 2 amide bonds. The Balaban J connectivity index is 1.46. The number of amidine groups is 1. The zero-order valence-corrected chi connectivity index (χ0v) is 24.3. The van der Waals surface area contributed by atoms with Crippen LogP contribution < -0.4 is 10.6 Å². The minimum absolute atomic E-state index is 0.0904. The minimum atomic E-state index is -1.07. The van der Waals surface area contributed by atoms with Crippen molar-refractivity contribution >= 4 is 28.9 Å². The van der Waals surface area contributed by atoms with Gasteiger partial charge in [-0.1, -0.05) is 36.0 Å². The Morgan fingerprint density at radius 3 is 2.71 bits per heavy atom. The van der Waals surface area contributed by atoms with Gasteiger partial charge in [-0.3, -0.25) is 9.48 Å². The Kier molecular flexibility index (Phi) is 8.19. The molecule has 0 saturated carbocycles. The van der Waals surface area contributed by atoms with E-state index in [1.54, 1.807) is 68.0 Å². The van der Waals surface area contributed by atoms with Gasteiger partial charge in [0.15, 0.2) is 5.17 Å². The standard InChI is InChI=1S/C30H34FN5O4S/c1-29(2,3)40-28(38)32-14-19-10-11-24(31)23(12-19)30-18-39-25(21-15-33-36(4)16-21)13-22(30)17-41-27(35-30)34-26(37)20-8-6-5-7-9-20/h5-12,15-16,22,25H,13-14,17-18H2,1-4H3,(H,32,38)(H,34,35,37)/t22-,25+,30-/m0/s1. The van der Waals surface area contributed by atoms with Crippen molar-refractivity contribution in [3.63, 3.8) is 0 Å². The summed E-state index contributed by atoms with van der Waals surface area (Å²) < 4.78 is 29.1. The lowest BCUT2D eigenvalue weighted by molar-refractivity contribution is -0.0588. The Labute approximate surface area is 242 Å². The SMILES string of the molecule is Cn1cc([C@H]2C[C@H]3CSC(NC(=O)c4ccccc4)=N[C@@]3(c3cc(CNC(=O)OC(C)(C)C)ccc3F)CO2)cn1. The van der Waals surface area contributed by atoms with Crippen LogP contribution in [-0.2, 0) is 28.6 Å². The third-order valence-electron chi connectivity index (χ3n) is 7.09. The molecule has 1 aromatic heterocycles. The van der Waals surface area contributed by atoms with E-state index in [0.717, 1.165) is 5.56 Å². The highest BCUT2D eigenvalue weighted by molar-refractivity contribution is 8.13. The number of thioether (sulfide) groups is 1. The molecule has 1 fully saturated rings. The van der Waals surface area contributed by atoms with Crippen molar-refractivity contribution in [1.29, 1.82) is 0 Å². The third-order valence-corrected chi connectivity index (χ3v) is 8.12. The molecule has 0 unspecified atom stereocenters. The van der Waals surface area contributed by atoms with Crippen LogP contribution in [0.25, 0.3) is 0 Å². The van der Waals surface area contributed by atoms with Gasteiger partial charge in [0.1, 0.15) is 17.0 Å². The van der Waals surface area contributed by atoms with E-state index in [1.807, 2.05) is 19.3 Å². The van der Waals surface area contributed by atoms with Crippen molar-refractivity contribution in [1.82, 2.24) is 20.4 Å². The van der Waals surface area contributed by atoms with E-state index in [4.69, 9.17) is 14.5 Å². The molecule has 2 N–H and O–H groups in total. The van der Waals surface area contributed by atoms with Crippen LogP contribution in [0.4, 0.5) is 9.18 Å². The number of nitrogens with one attached hydrogen (secondary N) is 2. The van der Waals surface area contributed by atoms with E-state index >= 15 is 4.39 Å². The van der Waals surface area contributed by atoms with Gasteiger partial charge in [0.05, 0.1) is 18.9 Å². The number of aromatic nitrogens is 2. The number of ether oxygens (including phenoxy) is 2. The largest absolute Gasteiger partial charge is 0.444 e. The first-order chi connectivity index (χ1) is 19.5. The second kappa shape index (κ2) is 11.7. The summed E-state index contributed by atoms with van der Waals surface area (Å²) >= 11 is 1.44. The van der Waals surface area contributed by atoms with Crippen LogP contribution in [0.1, 0.15) is 60.3 Å². The summed E-state index contributed by atoms with van der Waals surface area (Å²) in [5.74, 6) is -0.198. The number of hydrogen-bond donors (Lipinski definition) is 2. The van der Waals surface area contributed by atoms with E-state index in [-0.39, 0.29) is 31.1 Å². The number of alkyl carbamates (subject to hydrolysis) is 1. The first-order valence-electron chi connectivity index (χ1n) is 13.5. The average molecular weight is 580 g/mol. The van der Waals surface area contributed by atoms with E-state index in [0.29, 0.717) is 34.0 Å². The number of fused-ring (bicyclic) bond motifs is 1. The van der Waals surface area contributed by atoms with Crippen molar-refractivity contribution < 1.29 is 23.5 Å². The third kappa shape index (κ3) is 6.62. The number of carbonyl (C=O) groups excluding carboxylic acids is 2. The van der Waals surface area contributed by atoms with Crippen molar-refractivity contribution in [2.75, 3.05) is 12.4 Å². The van der Waals surface area contributed by atoms with Gasteiger partial charge in [-0.05, 0) is 57.0 Å². The second-order valence-electron chi connectivity index (χ2n) is 11.3. The molecule has 9 nitrogen and oxygen atoms in total. The number of rotatable bonds is 5. The highest BCUT2D eigenvalue weighted by Crippen LogP contribution is 2.50. The van der Waals surface area contributed by atoms with E-state index in [1.165, 1.54) is 17.8 Å². The molecule has 3 aromatic rings. The number of amides is 2. The molecule has 2 aromatic carbocycles. The van der Waals surface area contributed by atoms with Crippen LogP contribution in [-0.4, -0.2) is 44.9 Å². The molecule has 2 aliphatic rings. The van der Waals surface area contributed by atoms with Gasteiger partial charge in [0, 0.05) is 48.2 Å². The summed E-state index contributed by atoms with van der Waals surface area (Å²) in [5, 5.41) is 10.3. The number of carbonyl (C=O) groups is 2. The molecular formula is C30H34FN5O4S. The maximum absolute atomic E-state index is 15.7. The van der Waals surface area contributed by atoms with Gasteiger partial charge >= 0.3 is 6.09 Å². The van der Waals surface area contributed by atoms with Crippen molar-refractivity contribution in [3.8, 4) is 0 Å². The number of hydrogen-bond acceptors (Lipinski definition) is 7. The van der Waals surface area contributed by atoms with E-state index in [2.05, 4.69) is 15.7 Å². The Morgan fingerprint density at radius 1 is 1.22 bits per heavy atom. The summed E-state index contributed by atoms with van der Waals surface area (Å²) in [6.45, 7) is 5.63. The van der Waals surface area contributed by atoms with Crippen LogP contribution in [0, 0.1) is 11.7 Å². The molecule has 0 radical (unpaired) electrons. The number of aryl methyl sites for hydroxylation is 1. The zero-order valence-electron chi connectivity index (χ0n) is 23.5. The summed E-state index contributed by atoms with van der Waals surface area (Å²) in [6.07, 6.45) is 3.54. The molecule has 0 spiro atoms. The fraction of sp³-hybridized carbons (Fsp3) is 0.400. The van der Waals surface area contributed by atoms with Gasteiger partial charge < -0.3 is 20.1 Å². The molecule has 1 saturated heterocycles. The maximum atomic E-state index is 15.7. The van der Waals surface area contributed by atoms with E-state index < -0.39 is 23.1 Å². The van der Waals surface area contributed by atoms with Crippen molar-refractivity contribution in [2.24, 2.45) is 18.0 Å². The molecule has 3 atom stereocenters. The van der Waals surface area contributed by atoms with Gasteiger partial charge in [-0.15, -0.1) is 0 Å². The molecule has 0 bridgehead atoms. The lowest BCUT2D eigenvalue weighted by Gasteiger charge is -2.46. The topological polar surface area (TPSA) is 107 Å². The molecule has 2 aliphatic heterocycles. The summed E-state index contributed by atoms with van der Waals surface area (Å²) in [6, 6.07) is 13.6. The fourth-order valence-corrected chi connectivity index (χ4v) is 6.27. The quantitative estimate of drug-likeness (QED) is 0.436. The molecule has 0 aliphatic carbocycles. The molecule has 11 heteroatoms. The number of nitrogens with zero attached hydrogens (tertiary/aromatic N) is 3.